The van der Waals surface area contributed by atoms with Gasteiger partial charge in [0.15, 0.2) is 0 Å². The smallest absolute Gasteiger partial charge is 0.324 e. The van der Waals surface area contributed by atoms with Crippen LogP contribution < -0.4 is 20.7 Å². The SMILES string of the molecule is Cc1cc(C)cc(-n2nc(C(C)(C)C)cc2NC(=O)Nc2ccc(OCc3ccnc(Nc4cnc(C(=O)N5CCCC5)cn4)c3)c3ccccc23)c1. The van der Waals surface area contributed by atoms with Crippen LogP contribution in [0.3, 0.4) is 0 Å². The highest BCUT2D eigenvalue weighted by molar-refractivity contribution is 6.07. The number of fused-ring (bicyclic) bond motifs is 1. The highest BCUT2D eigenvalue weighted by Crippen LogP contribution is 2.33. The number of carbonyl (C=O) groups is 2. The normalized spacial score (nSPS) is 12.9. The standard InChI is InChI=1S/C41H43N9O3/c1-26-18-27(2)20-29(19-26)50-38(22-35(48-50)41(3,4)5)47-40(52)45-32-12-13-34(31-11-7-6-10-30(31)32)53-25-28-14-15-42-36(21-28)46-37-24-43-33(23-44-37)39(51)49-16-8-9-17-49/h6-7,10-15,18-24H,8-9,16-17,25H2,1-5H3,(H,42,44,46)(H2,45,47,52). The summed E-state index contributed by atoms with van der Waals surface area (Å²) >= 11 is 0. The van der Waals surface area contributed by atoms with Crippen molar-refractivity contribution in [1.82, 2.24) is 29.6 Å². The Morgan fingerprint density at radius 1 is 0.811 bits per heavy atom. The average molecular weight is 710 g/mol. The van der Waals surface area contributed by atoms with E-state index in [1.54, 1.807) is 22.0 Å². The van der Waals surface area contributed by atoms with Crippen LogP contribution in [0.4, 0.5) is 27.9 Å². The first-order chi connectivity index (χ1) is 25.5. The number of rotatable bonds is 9. The van der Waals surface area contributed by atoms with Gasteiger partial charge in [-0.25, -0.2) is 24.4 Å². The van der Waals surface area contributed by atoms with Gasteiger partial charge in [0, 0.05) is 41.5 Å². The third-order valence-corrected chi connectivity index (χ3v) is 9.04. The molecule has 3 amide bonds. The number of aryl methyl sites for hydroxylation is 2. The maximum atomic E-state index is 13.5. The Hall–Kier alpha value is -6.30. The van der Waals surface area contributed by atoms with E-state index in [0.717, 1.165) is 64.8 Å². The van der Waals surface area contributed by atoms with Crippen LogP contribution in [0.1, 0.15) is 66.5 Å². The van der Waals surface area contributed by atoms with Crippen molar-refractivity contribution in [2.45, 2.75) is 59.5 Å². The molecule has 53 heavy (non-hydrogen) atoms. The zero-order chi connectivity index (χ0) is 37.1. The number of likely N-dealkylation sites (tertiary alicyclic amines) is 1. The number of ether oxygens (including phenoxy) is 1. The average Bonchev–Trinajstić information content (AvgIpc) is 3.83. The lowest BCUT2D eigenvalue weighted by molar-refractivity contribution is 0.0786. The van der Waals surface area contributed by atoms with Gasteiger partial charge in [0.25, 0.3) is 5.91 Å². The predicted molar refractivity (Wildman–Crippen MR) is 207 cm³/mol. The summed E-state index contributed by atoms with van der Waals surface area (Å²) in [5.41, 5.74) is 5.61. The van der Waals surface area contributed by atoms with Gasteiger partial charge in [0.2, 0.25) is 0 Å². The van der Waals surface area contributed by atoms with Crippen molar-refractivity contribution in [3.8, 4) is 11.4 Å². The van der Waals surface area contributed by atoms with Gasteiger partial charge in [-0.3, -0.25) is 10.1 Å². The molecule has 0 spiro atoms. The number of hydrogen-bond donors (Lipinski definition) is 3. The number of aromatic nitrogens is 5. The number of nitrogens with one attached hydrogen (secondary N) is 3. The molecule has 1 aliphatic heterocycles. The summed E-state index contributed by atoms with van der Waals surface area (Å²) < 4.78 is 8.10. The lowest BCUT2D eigenvalue weighted by Crippen LogP contribution is -2.28. The summed E-state index contributed by atoms with van der Waals surface area (Å²) in [5, 5.41) is 15.8. The molecule has 3 aromatic heterocycles. The van der Waals surface area contributed by atoms with Crippen molar-refractivity contribution >= 4 is 45.9 Å². The summed E-state index contributed by atoms with van der Waals surface area (Å²) in [6, 6.07) is 23.0. The van der Waals surface area contributed by atoms with E-state index in [0.29, 0.717) is 34.6 Å². The van der Waals surface area contributed by atoms with E-state index in [9.17, 15) is 9.59 Å². The zero-order valence-electron chi connectivity index (χ0n) is 30.6. The summed E-state index contributed by atoms with van der Waals surface area (Å²) in [7, 11) is 0. The molecule has 0 atom stereocenters. The van der Waals surface area contributed by atoms with Crippen molar-refractivity contribution in [2.24, 2.45) is 0 Å². The molecule has 7 rings (SSSR count). The van der Waals surface area contributed by atoms with Crippen LogP contribution in [0.15, 0.2) is 91.4 Å². The maximum Gasteiger partial charge on any atom is 0.324 e. The monoisotopic (exact) mass is 709 g/mol. The summed E-state index contributed by atoms with van der Waals surface area (Å²) in [5.74, 6) is 2.21. The molecule has 1 saturated heterocycles. The quantitative estimate of drug-likeness (QED) is 0.136. The Labute approximate surface area is 308 Å². The van der Waals surface area contributed by atoms with Gasteiger partial charge in [0.1, 0.15) is 35.5 Å². The predicted octanol–water partition coefficient (Wildman–Crippen LogP) is 8.33. The third kappa shape index (κ3) is 8.12. The first-order valence-electron chi connectivity index (χ1n) is 17.8. The first kappa shape index (κ1) is 35.1. The van der Waals surface area contributed by atoms with E-state index >= 15 is 0 Å². The minimum Gasteiger partial charge on any atom is -0.488 e. The van der Waals surface area contributed by atoms with Crippen LogP contribution in [0, 0.1) is 13.8 Å². The molecule has 0 radical (unpaired) electrons. The molecule has 0 aliphatic carbocycles. The molecule has 1 fully saturated rings. The Morgan fingerprint density at radius 3 is 2.28 bits per heavy atom. The van der Waals surface area contributed by atoms with Crippen LogP contribution in [-0.2, 0) is 12.0 Å². The number of hydrogen-bond acceptors (Lipinski definition) is 8. The van der Waals surface area contributed by atoms with E-state index in [1.165, 1.54) is 6.20 Å². The van der Waals surface area contributed by atoms with Crippen LogP contribution >= 0.6 is 0 Å². The van der Waals surface area contributed by atoms with Crippen molar-refractivity contribution in [3.05, 3.63) is 119 Å². The van der Waals surface area contributed by atoms with E-state index < -0.39 is 0 Å². The second-order valence-electron chi connectivity index (χ2n) is 14.4. The largest absolute Gasteiger partial charge is 0.488 e. The van der Waals surface area contributed by atoms with Gasteiger partial charge in [-0.15, -0.1) is 0 Å². The molecule has 12 nitrogen and oxygen atoms in total. The summed E-state index contributed by atoms with van der Waals surface area (Å²) in [6.07, 6.45) is 6.76. The van der Waals surface area contributed by atoms with Crippen molar-refractivity contribution < 1.29 is 14.3 Å². The Balaban J connectivity index is 1.03. The molecule has 6 aromatic rings. The Bertz CT molecular complexity index is 2270. The molecular formula is C41H43N9O3. The minimum absolute atomic E-state index is 0.0924. The molecular weight excluding hydrogens is 667 g/mol. The number of carbonyl (C=O) groups excluding carboxylic acids is 2. The zero-order valence-corrected chi connectivity index (χ0v) is 30.6. The lowest BCUT2D eigenvalue weighted by atomic mass is 9.92. The molecule has 3 N–H and O–H groups in total. The number of nitrogens with zero attached hydrogens (tertiary/aromatic N) is 6. The molecule has 4 heterocycles. The summed E-state index contributed by atoms with van der Waals surface area (Å²) in [6.45, 7) is 12.2. The van der Waals surface area contributed by atoms with Gasteiger partial charge in [-0.05, 0) is 79.8 Å². The van der Waals surface area contributed by atoms with Crippen molar-refractivity contribution in [3.63, 3.8) is 0 Å². The van der Waals surface area contributed by atoms with Gasteiger partial charge in [-0.2, -0.15) is 5.10 Å². The third-order valence-electron chi connectivity index (χ3n) is 9.04. The van der Waals surface area contributed by atoms with Crippen LogP contribution in [0.25, 0.3) is 16.5 Å². The van der Waals surface area contributed by atoms with Gasteiger partial charge in [0.05, 0.1) is 29.5 Å². The summed E-state index contributed by atoms with van der Waals surface area (Å²) in [4.78, 5) is 41.1. The van der Waals surface area contributed by atoms with Crippen LogP contribution in [0.2, 0.25) is 0 Å². The number of pyridine rings is 1. The maximum absolute atomic E-state index is 13.5. The van der Waals surface area contributed by atoms with Crippen LogP contribution in [-0.4, -0.2) is 54.7 Å². The van der Waals surface area contributed by atoms with Crippen molar-refractivity contribution in [2.75, 3.05) is 29.0 Å². The topological polar surface area (TPSA) is 139 Å². The molecule has 270 valence electrons. The fraction of sp³-hybridized carbons (Fsp3) is 0.268. The lowest BCUT2D eigenvalue weighted by Gasteiger charge is -2.15. The van der Waals surface area contributed by atoms with Crippen LogP contribution in [0.5, 0.6) is 5.75 Å². The fourth-order valence-electron chi connectivity index (χ4n) is 6.39. The second-order valence-corrected chi connectivity index (χ2v) is 14.4. The number of benzene rings is 3. The molecule has 12 heteroatoms. The Kier molecular flexibility index (Phi) is 9.77. The number of amides is 3. The van der Waals surface area contributed by atoms with Gasteiger partial charge >= 0.3 is 6.03 Å². The second kappa shape index (κ2) is 14.7. The highest BCUT2D eigenvalue weighted by atomic mass is 16.5. The Morgan fingerprint density at radius 2 is 1.57 bits per heavy atom. The van der Waals surface area contributed by atoms with E-state index in [1.807, 2.05) is 68.4 Å². The van der Waals surface area contributed by atoms with E-state index in [-0.39, 0.29) is 24.0 Å². The number of anilines is 4. The molecule has 0 bridgehead atoms. The van der Waals surface area contributed by atoms with E-state index in [4.69, 9.17) is 9.84 Å². The van der Waals surface area contributed by atoms with Crippen molar-refractivity contribution in [1.29, 1.82) is 0 Å². The first-order valence-corrected chi connectivity index (χ1v) is 17.8. The minimum atomic E-state index is -0.385. The molecule has 1 aliphatic rings. The number of urea groups is 1. The van der Waals surface area contributed by atoms with Gasteiger partial charge in [-0.1, -0.05) is 51.1 Å². The van der Waals surface area contributed by atoms with Gasteiger partial charge < -0.3 is 20.3 Å². The molecule has 0 unspecified atom stereocenters. The molecule has 0 saturated carbocycles. The highest BCUT2D eigenvalue weighted by Gasteiger charge is 2.23. The van der Waals surface area contributed by atoms with E-state index in [2.05, 4.69) is 69.9 Å². The molecule has 3 aromatic carbocycles. The fourth-order valence-corrected chi connectivity index (χ4v) is 6.39.